The summed E-state index contributed by atoms with van der Waals surface area (Å²) in [6.07, 6.45) is -3.37. The highest BCUT2D eigenvalue weighted by atomic mass is 35.5. The number of aromatic amines is 1. The molecule has 4 N–H and O–H groups in total. The fraction of sp³-hybridized carbons (Fsp3) is 0.182. The first-order valence-electron chi connectivity index (χ1n) is 10.0. The molecule has 2 aromatic carbocycles. The molecular formula is C22H19ClF3N5O5. The van der Waals surface area contributed by atoms with Crippen molar-refractivity contribution in [3.8, 4) is 5.75 Å². The number of carbonyl (C=O) groups is 1. The Kier molecular flexibility index (Phi) is 7.73. The molecule has 0 spiro atoms. The molecule has 0 saturated heterocycles. The monoisotopic (exact) mass is 525 g/mol. The summed E-state index contributed by atoms with van der Waals surface area (Å²) in [7, 11) is 1.57. The van der Waals surface area contributed by atoms with Crippen molar-refractivity contribution < 1.29 is 32.2 Å². The number of methoxy groups -OCH3 is 1. The number of alkyl halides is 3. The van der Waals surface area contributed by atoms with E-state index in [4.69, 9.17) is 30.7 Å². The maximum Gasteiger partial charge on any atom is 0.490 e. The molecule has 0 aliphatic heterocycles. The number of aliphatic carboxylic acids is 1. The van der Waals surface area contributed by atoms with Crippen LogP contribution in [0.25, 0.3) is 11.1 Å². The van der Waals surface area contributed by atoms with Gasteiger partial charge in [0.2, 0.25) is 5.95 Å². The molecule has 10 nitrogen and oxygen atoms in total. The number of ether oxygens (including phenoxy) is 1. The summed E-state index contributed by atoms with van der Waals surface area (Å²) >= 11 is 6.22. The van der Waals surface area contributed by atoms with Crippen LogP contribution in [0.1, 0.15) is 11.1 Å². The van der Waals surface area contributed by atoms with Crippen LogP contribution in [0.15, 0.2) is 45.7 Å². The van der Waals surface area contributed by atoms with Gasteiger partial charge in [-0.25, -0.2) is 14.6 Å². The van der Waals surface area contributed by atoms with Crippen molar-refractivity contribution in [1.82, 2.24) is 15.0 Å². The Morgan fingerprint density at radius 2 is 1.83 bits per heavy atom. The number of aromatic nitrogens is 3. The van der Waals surface area contributed by atoms with Crippen molar-refractivity contribution >= 4 is 51.8 Å². The molecule has 0 unspecified atom stereocenters. The fourth-order valence-corrected chi connectivity index (χ4v) is 3.07. The summed E-state index contributed by atoms with van der Waals surface area (Å²) in [4.78, 5) is 31.8. The lowest BCUT2D eigenvalue weighted by Gasteiger charge is -2.13. The Morgan fingerprint density at radius 1 is 1.14 bits per heavy atom. The molecule has 2 aromatic heterocycles. The van der Waals surface area contributed by atoms with E-state index in [0.29, 0.717) is 33.6 Å². The van der Waals surface area contributed by atoms with E-state index in [1.165, 1.54) is 0 Å². The summed E-state index contributed by atoms with van der Waals surface area (Å²) in [5.74, 6) is -1.63. The average Bonchev–Trinajstić information content (AvgIpc) is 3.17. The first-order valence-corrected chi connectivity index (χ1v) is 10.4. The summed E-state index contributed by atoms with van der Waals surface area (Å²) in [6.45, 7) is 3.80. The van der Waals surface area contributed by atoms with Crippen molar-refractivity contribution in [2.45, 2.75) is 20.0 Å². The van der Waals surface area contributed by atoms with Crippen LogP contribution in [0.5, 0.6) is 5.75 Å². The SMILES string of the molecule is COc1cc(Nc2ncc(C)c(Nc3ccc4oc(=O)[nH]c4c3)n2)cc(C)c1Cl.O=C(O)C(F)(F)F. The molecule has 190 valence electrons. The van der Waals surface area contributed by atoms with E-state index in [9.17, 15) is 18.0 Å². The molecule has 4 rings (SSSR count). The van der Waals surface area contributed by atoms with E-state index in [1.807, 2.05) is 19.9 Å². The highest BCUT2D eigenvalue weighted by Gasteiger charge is 2.38. The van der Waals surface area contributed by atoms with Crippen molar-refractivity contribution in [3.63, 3.8) is 0 Å². The number of carboxylic acids is 1. The van der Waals surface area contributed by atoms with Gasteiger partial charge >= 0.3 is 17.9 Å². The molecule has 14 heteroatoms. The van der Waals surface area contributed by atoms with E-state index < -0.39 is 17.9 Å². The van der Waals surface area contributed by atoms with Crippen LogP contribution >= 0.6 is 11.6 Å². The van der Waals surface area contributed by atoms with Gasteiger partial charge in [-0.3, -0.25) is 4.98 Å². The third-order valence-corrected chi connectivity index (χ3v) is 5.08. The van der Waals surface area contributed by atoms with Gasteiger partial charge in [0, 0.05) is 29.2 Å². The average molecular weight is 526 g/mol. The number of rotatable bonds is 5. The van der Waals surface area contributed by atoms with Crippen LogP contribution in [0.4, 0.5) is 36.3 Å². The number of hydrogen-bond acceptors (Lipinski definition) is 8. The number of oxazole rings is 1. The predicted octanol–water partition coefficient (Wildman–Crippen LogP) is 5.31. The second kappa shape index (κ2) is 10.6. The van der Waals surface area contributed by atoms with Crippen LogP contribution in [0.3, 0.4) is 0 Å². The van der Waals surface area contributed by atoms with Gasteiger partial charge in [-0.2, -0.15) is 18.2 Å². The number of nitrogens with one attached hydrogen (secondary N) is 3. The number of aryl methyl sites for hydroxylation is 2. The van der Waals surface area contributed by atoms with Crippen LogP contribution in [0.2, 0.25) is 5.02 Å². The Hall–Kier alpha value is -4.26. The minimum absolute atomic E-state index is 0.416. The topological polar surface area (TPSA) is 142 Å². The van der Waals surface area contributed by atoms with Crippen molar-refractivity contribution in [3.05, 3.63) is 63.2 Å². The zero-order valence-corrected chi connectivity index (χ0v) is 19.7. The van der Waals surface area contributed by atoms with E-state index in [2.05, 4.69) is 25.6 Å². The Bertz CT molecular complexity index is 1470. The van der Waals surface area contributed by atoms with E-state index in [-0.39, 0.29) is 0 Å². The maximum atomic E-state index is 11.3. The van der Waals surface area contributed by atoms with Crippen molar-refractivity contribution in [2.75, 3.05) is 17.7 Å². The van der Waals surface area contributed by atoms with Crippen LogP contribution < -0.4 is 21.1 Å². The molecule has 0 atom stereocenters. The molecule has 2 heterocycles. The molecular weight excluding hydrogens is 507 g/mol. The number of fused-ring (bicyclic) bond motifs is 1. The quantitative estimate of drug-likeness (QED) is 0.272. The summed E-state index contributed by atoms with van der Waals surface area (Å²) < 4.78 is 42.1. The molecule has 0 fully saturated rings. The highest BCUT2D eigenvalue weighted by molar-refractivity contribution is 6.32. The molecule has 0 bridgehead atoms. The third-order valence-electron chi connectivity index (χ3n) is 4.59. The molecule has 0 radical (unpaired) electrons. The minimum atomic E-state index is -5.08. The summed E-state index contributed by atoms with van der Waals surface area (Å²) in [5, 5.41) is 14.1. The zero-order chi connectivity index (χ0) is 26.6. The fourth-order valence-electron chi connectivity index (χ4n) is 2.88. The van der Waals surface area contributed by atoms with Gasteiger partial charge in [-0.05, 0) is 43.7 Å². The summed E-state index contributed by atoms with van der Waals surface area (Å²) in [6, 6.07) is 8.98. The number of halogens is 4. The number of hydrogen-bond donors (Lipinski definition) is 4. The Balaban J connectivity index is 0.000000454. The highest BCUT2D eigenvalue weighted by Crippen LogP contribution is 2.32. The maximum absolute atomic E-state index is 11.3. The first kappa shape index (κ1) is 26.3. The first-order chi connectivity index (χ1) is 16.9. The van der Waals surface area contributed by atoms with Crippen LogP contribution in [0, 0.1) is 13.8 Å². The molecule has 4 aromatic rings. The van der Waals surface area contributed by atoms with Gasteiger partial charge in [0.05, 0.1) is 17.6 Å². The number of H-pyrrole nitrogens is 1. The van der Waals surface area contributed by atoms with Gasteiger partial charge in [-0.15, -0.1) is 0 Å². The lowest BCUT2D eigenvalue weighted by molar-refractivity contribution is -0.192. The standard InChI is InChI=1S/C20H18ClN5O3.C2HF3O2/c1-10-6-13(8-16(28-3)17(10)21)24-19-22-9-11(2)18(26-19)23-12-4-5-15-14(7-12)25-20(27)29-15;3-2(4,5)1(6)7/h4-9H,1-3H3,(H,25,27)(H2,22,23,24,26);(H,6,7). The number of benzene rings is 2. The van der Waals surface area contributed by atoms with E-state index in [1.54, 1.807) is 37.6 Å². The molecule has 0 amide bonds. The normalized spacial score (nSPS) is 11.0. The Morgan fingerprint density at radius 3 is 2.47 bits per heavy atom. The van der Waals surface area contributed by atoms with E-state index in [0.717, 1.165) is 22.5 Å². The van der Waals surface area contributed by atoms with Gasteiger partial charge in [0.15, 0.2) is 5.58 Å². The molecule has 0 saturated carbocycles. The van der Waals surface area contributed by atoms with Gasteiger partial charge in [-0.1, -0.05) is 11.6 Å². The molecule has 36 heavy (non-hydrogen) atoms. The zero-order valence-electron chi connectivity index (χ0n) is 19.0. The third kappa shape index (κ3) is 6.44. The van der Waals surface area contributed by atoms with E-state index >= 15 is 0 Å². The lowest BCUT2D eigenvalue weighted by Crippen LogP contribution is -2.21. The smallest absolute Gasteiger partial charge is 0.490 e. The van der Waals surface area contributed by atoms with Gasteiger partial charge < -0.3 is 24.9 Å². The number of anilines is 4. The minimum Gasteiger partial charge on any atom is -0.495 e. The van der Waals surface area contributed by atoms with Crippen molar-refractivity contribution in [2.24, 2.45) is 0 Å². The van der Waals surface area contributed by atoms with Gasteiger partial charge in [0.25, 0.3) is 0 Å². The summed E-state index contributed by atoms with van der Waals surface area (Å²) in [5.41, 5.74) is 4.35. The van der Waals surface area contributed by atoms with Crippen molar-refractivity contribution in [1.29, 1.82) is 0 Å². The number of nitrogens with zero attached hydrogens (tertiary/aromatic N) is 2. The second-order valence-electron chi connectivity index (χ2n) is 7.31. The molecule has 0 aliphatic rings. The second-order valence-corrected chi connectivity index (χ2v) is 7.69. The van der Waals surface area contributed by atoms with Crippen LogP contribution in [-0.4, -0.2) is 39.3 Å². The lowest BCUT2D eigenvalue weighted by atomic mass is 10.2. The number of carboxylic acid groups (broad SMARTS) is 1. The predicted molar refractivity (Wildman–Crippen MR) is 127 cm³/mol. The van der Waals surface area contributed by atoms with Gasteiger partial charge in [0.1, 0.15) is 11.6 Å². The molecule has 0 aliphatic carbocycles. The largest absolute Gasteiger partial charge is 0.495 e. The Labute approximate surface area is 206 Å². The van der Waals surface area contributed by atoms with Crippen LogP contribution in [-0.2, 0) is 4.79 Å².